The number of carbonyl (C=O) groups excluding carboxylic acids is 2. The topological polar surface area (TPSA) is 46.6 Å². The molecule has 2 aromatic carbocycles. The molecule has 0 unspecified atom stereocenters. The normalized spacial score (nSPS) is 27.0. The molecule has 1 heterocycles. The second-order valence-corrected chi connectivity index (χ2v) is 10.9. The van der Waals surface area contributed by atoms with Crippen molar-refractivity contribution in [2.24, 2.45) is 11.3 Å². The first-order valence-corrected chi connectivity index (χ1v) is 10.6. The van der Waals surface area contributed by atoms with E-state index in [0.29, 0.717) is 12.0 Å². The fourth-order valence-corrected chi connectivity index (χ4v) is 6.20. The third-order valence-electron chi connectivity index (χ3n) is 5.56. The average Bonchev–Trinajstić information content (AvgIpc) is 3.32. The minimum absolute atomic E-state index is 0.0919. The largest absolute Gasteiger partial charge is 0.468 e. The van der Waals surface area contributed by atoms with Gasteiger partial charge in [-0.15, -0.1) is 0 Å². The smallest absolute Gasteiger partial charge is 0.316 e. The van der Waals surface area contributed by atoms with E-state index < -0.39 is 8.65 Å². The molecule has 1 aliphatic carbocycles. The predicted molar refractivity (Wildman–Crippen MR) is 114 cm³/mol. The van der Waals surface area contributed by atoms with Crippen molar-refractivity contribution in [3.05, 3.63) is 84.1 Å². The van der Waals surface area contributed by atoms with E-state index in [2.05, 4.69) is 31.9 Å². The molecule has 2 aliphatic rings. The molecule has 1 amide bonds. The zero-order valence-corrected chi connectivity index (χ0v) is 18.4. The lowest BCUT2D eigenvalue weighted by Gasteiger charge is -2.34. The van der Waals surface area contributed by atoms with Crippen LogP contribution in [0.5, 0.6) is 0 Å². The Morgan fingerprint density at radius 3 is 2.25 bits per heavy atom. The Bertz CT molecular complexity index is 929. The highest BCUT2D eigenvalue weighted by Crippen LogP contribution is 2.69. The van der Waals surface area contributed by atoms with Crippen molar-refractivity contribution in [2.75, 3.05) is 7.11 Å². The molecular weight excluding hydrogens is 486 g/mol. The Kier molecular flexibility index (Phi) is 4.96. The van der Waals surface area contributed by atoms with Crippen molar-refractivity contribution in [2.45, 2.75) is 15.7 Å². The summed E-state index contributed by atoms with van der Waals surface area (Å²) >= 11 is 7.44. The first-order valence-electron chi connectivity index (χ1n) is 8.99. The number of hydrogen-bond acceptors (Lipinski definition) is 3. The van der Waals surface area contributed by atoms with Crippen LogP contribution in [0.4, 0.5) is 0 Å². The third kappa shape index (κ3) is 3.03. The SMILES string of the molecule is COC(=O)[C@]1(Cc2ccccc2)C=CN(C(=O)c2ccccc2)[C@H]2[C@@H]1C2(Br)Br. The lowest BCUT2D eigenvalue weighted by atomic mass is 9.75. The predicted octanol–water partition coefficient (Wildman–Crippen LogP) is 4.54. The zero-order chi connectivity index (χ0) is 19.9. The number of alkyl halides is 2. The van der Waals surface area contributed by atoms with Gasteiger partial charge in [-0.1, -0.05) is 86.5 Å². The molecule has 0 spiro atoms. The van der Waals surface area contributed by atoms with E-state index in [0.717, 1.165) is 5.56 Å². The van der Waals surface area contributed by atoms with Crippen molar-refractivity contribution in [3.8, 4) is 0 Å². The van der Waals surface area contributed by atoms with Gasteiger partial charge in [0.2, 0.25) is 0 Å². The summed E-state index contributed by atoms with van der Waals surface area (Å²) < 4.78 is 4.64. The van der Waals surface area contributed by atoms with Gasteiger partial charge in [-0.25, -0.2) is 0 Å². The minimum atomic E-state index is -0.860. The maximum absolute atomic E-state index is 13.1. The van der Waals surface area contributed by atoms with Crippen LogP contribution in [0.2, 0.25) is 0 Å². The van der Waals surface area contributed by atoms with Crippen LogP contribution in [-0.4, -0.2) is 33.2 Å². The fourth-order valence-electron chi connectivity index (χ4n) is 4.18. The number of fused-ring (bicyclic) bond motifs is 1. The first kappa shape index (κ1) is 19.4. The van der Waals surface area contributed by atoms with Gasteiger partial charge < -0.3 is 9.64 Å². The van der Waals surface area contributed by atoms with Crippen molar-refractivity contribution >= 4 is 43.7 Å². The summed E-state index contributed by atoms with van der Waals surface area (Å²) in [5, 5.41) is 0. The molecule has 2 aromatic rings. The lowest BCUT2D eigenvalue weighted by Crippen LogP contribution is -2.43. The lowest BCUT2D eigenvalue weighted by molar-refractivity contribution is -0.151. The van der Waals surface area contributed by atoms with Crippen molar-refractivity contribution in [3.63, 3.8) is 0 Å². The van der Waals surface area contributed by atoms with Gasteiger partial charge in [0, 0.05) is 17.7 Å². The van der Waals surface area contributed by atoms with E-state index in [4.69, 9.17) is 4.74 Å². The summed E-state index contributed by atoms with van der Waals surface area (Å²) in [5.41, 5.74) is 0.797. The fraction of sp³-hybridized carbons (Fsp3) is 0.273. The Hall–Kier alpha value is -1.92. The number of halogens is 2. The van der Waals surface area contributed by atoms with E-state index in [1.807, 2.05) is 54.6 Å². The van der Waals surface area contributed by atoms with Gasteiger partial charge in [0.1, 0.15) is 3.23 Å². The maximum atomic E-state index is 13.1. The van der Waals surface area contributed by atoms with E-state index >= 15 is 0 Å². The molecule has 4 nitrogen and oxygen atoms in total. The number of ether oxygens (including phenoxy) is 1. The van der Waals surface area contributed by atoms with Gasteiger partial charge in [-0.05, 0) is 24.1 Å². The van der Waals surface area contributed by atoms with Crippen LogP contribution in [0, 0.1) is 11.3 Å². The van der Waals surface area contributed by atoms with Crippen molar-refractivity contribution < 1.29 is 14.3 Å². The molecule has 4 rings (SSSR count). The van der Waals surface area contributed by atoms with E-state index in [-0.39, 0.29) is 23.8 Å². The minimum Gasteiger partial charge on any atom is -0.468 e. The van der Waals surface area contributed by atoms with Crippen molar-refractivity contribution in [1.82, 2.24) is 4.90 Å². The van der Waals surface area contributed by atoms with Gasteiger partial charge in [-0.3, -0.25) is 9.59 Å². The summed E-state index contributed by atoms with van der Waals surface area (Å²) in [7, 11) is 1.41. The molecular formula is C22H19Br2NO3. The number of carbonyl (C=O) groups is 2. The molecule has 3 atom stereocenters. The molecule has 1 aliphatic heterocycles. The zero-order valence-electron chi connectivity index (χ0n) is 15.2. The Morgan fingerprint density at radius 2 is 1.64 bits per heavy atom. The van der Waals surface area contributed by atoms with Crippen LogP contribution in [0.1, 0.15) is 15.9 Å². The number of methoxy groups -OCH3 is 1. The van der Waals surface area contributed by atoms with Gasteiger partial charge in [-0.2, -0.15) is 0 Å². The summed E-state index contributed by atoms with van der Waals surface area (Å²) in [4.78, 5) is 27.7. The number of benzene rings is 2. The highest BCUT2D eigenvalue weighted by molar-refractivity contribution is 9.25. The van der Waals surface area contributed by atoms with E-state index in [1.54, 1.807) is 23.2 Å². The number of rotatable bonds is 4. The highest BCUT2D eigenvalue weighted by Gasteiger charge is 2.75. The number of hydrogen-bond donors (Lipinski definition) is 0. The molecule has 144 valence electrons. The summed E-state index contributed by atoms with van der Waals surface area (Å²) in [6, 6.07) is 18.8. The van der Waals surface area contributed by atoms with Gasteiger partial charge >= 0.3 is 5.97 Å². The van der Waals surface area contributed by atoms with Crippen LogP contribution >= 0.6 is 31.9 Å². The first-order chi connectivity index (χ1) is 13.4. The highest BCUT2D eigenvalue weighted by atomic mass is 79.9. The monoisotopic (exact) mass is 503 g/mol. The Labute approximate surface area is 180 Å². The molecule has 0 radical (unpaired) electrons. The molecule has 0 aromatic heterocycles. The molecule has 0 bridgehead atoms. The standard InChI is InChI=1S/C22H19Br2NO3/c1-28-20(27)21(14-15-8-4-2-5-9-15)12-13-25(18-17(21)22(18,23)24)19(26)16-10-6-3-7-11-16/h2-13,17-18H,14H2,1H3/t17-,18-,21-/m0/s1. The summed E-state index contributed by atoms with van der Waals surface area (Å²) in [6.07, 6.45) is 4.07. The number of nitrogens with zero attached hydrogens (tertiary/aromatic N) is 1. The number of esters is 1. The van der Waals surface area contributed by atoms with Crippen LogP contribution in [0.25, 0.3) is 0 Å². The summed E-state index contributed by atoms with van der Waals surface area (Å²) in [5.74, 6) is -0.550. The molecule has 1 fully saturated rings. The summed E-state index contributed by atoms with van der Waals surface area (Å²) in [6.45, 7) is 0. The van der Waals surface area contributed by atoms with Crippen molar-refractivity contribution in [1.29, 1.82) is 0 Å². The van der Waals surface area contributed by atoms with Crippen LogP contribution < -0.4 is 0 Å². The van der Waals surface area contributed by atoms with Crippen LogP contribution in [-0.2, 0) is 16.0 Å². The Morgan fingerprint density at radius 1 is 1.04 bits per heavy atom. The maximum Gasteiger partial charge on any atom is 0.316 e. The van der Waals surface area contributed by atoms with Crippen LogP contribution in [0.3, 0.4) is 0 Å². The molecule has 6 heteroatoms. The molecule has 28 heavy (non-hydrogen) atoms. The Balaban J connectivity index is 1.74. The van der Waals surface area contributed by atoms with Gasteiger partial charge in [0.15, 0.2) is 0 Å². The third-order valence-corrected chi connectivity index (χ3v) is 7.49. The van der Waals surface area contributed by atoms with Crippen LogP contribution in [0.15, 0.2) is 72.9 Å². The molecule has 0 saturated heterocycles. The van der Waals surface area contributed by atoms with Gasteiger partial charge in [0.25, 0.3) is 5.91 Å². The quantitative estimate of drug-likeness (QED) is 0.453. The molecule has 1 saturated carbocycles. The number of amides is 1. The van der Waals surface area contributed by atoms with E-state index in [9.17, 15) is 9.59 Å². The van der Waals surface area contributed by atoms with E-state index in [1.165, 1.54) is 7.11 Å². The second kappa shape index (κ2) is 7.16. The average molecular weight is 505 g/mol. The van der Waals surface area contributed by atoms with Gasteiger partial charge in [0.05, 0.1) is 18.6 Å². The molecule has 0 N–H and O–H groups in total. The second-order valence-electron chi connectivity index (χ2n) is 7.19.